The van der Waals surface area contributed by atoms with Gasteiger partial charge in [-0.05, 0) is 0 Å². The molecule has 0 heterocycles. The maximum atomic E-state index is 11.9. The Balaban J connectivity index is -0.0000000544. The van der Waals surface area contributed by atoms with Crippen molar-refractivity contribution in [3.8, 4) is 0 Å². The molecule has 0 saturated heterocycles. The normalized spacial score (nSPS) is 6.42. The molecule has 0 atom stereocenters. The van der Waals surface area contributed by atoms with E-state index in [0.717, 1.165) is 0 Å². The monoisotopic (exact) mass is 414 g/mol. The topological polar surface area (TPSA) is 31.5 Å². The Bertz CT molecular complexity index is 329. The van der Waals surface area contributed by atoms with E-state index in [2.05, 4.69) is 12.1 Å². The third-order valence-corrected chi connectivity index (χ3v) is 1.36. The summed E-state index contributed by atoms with van der Waals surface area (Å²) in [6.45, 7) is 0. The fraction of sp³-hybridized carbons (Fsp3) is 0. The number of benzene rings is 2. The van der Waals surface area contributed by atoms with Gasteiger partial charge in [-0.1, -0.05) is 0 Å². The maximum absolute atomic E-state index is 11.9. The van der Waals surface area contributed by atoms with Crippen LogP contribution in [0.4, 0.5) is 8.78 Å². The van der Waals surface area contributed by atoms with Crippen molar-refractivity contribution >= 4 is 46.1 Å². The second-order valence-corrected chi connectivity index (χ2v) is 2.44. The van der Waals surface area contributed by atoms with Crippen LogP contribution >= 0.6 is 0 Å². The van der Waals surface area contributed by atoms with E-state index >= 15 is 0 Å². The summed E-state index contributed by atoms with van der Waals surface area (Å²) in [6, 6.07) is 17.0. The van der Waals surface area contributed by atoms with E-state index in [0.29, 0.717) is 0 Å². The summed E-state index contributed by atoms with van der Waals surface area (Å²) >= 11 is 0. The molecular formula is C12H10Br2F2Mg2O. The predicted molar refractivity (Wildman–Crippen MR) is 65.6 cm³/mol. The maximum Gasteiger partial charge on any atom is 2.00 e. The van der Waals surface area contributed by atoms with Crippen LogP contribution in [-0.2, 0) is 0 Å². The first-order chi connectivity index (χ1) is 6.79. The van der Waals surface area contributed by atoms with Gasteiger partial charge >= 0.3 is 46.1 Å². The van der Waals surface area contributed by atoms with Crippen LogP contribution in [0.15, 0.2) is 48.5 Å². The van der Waals surface area contributed by atoms with Crippen molar-refractivity contribution in [1.29, 1.82) is 0 Å². The van der Waals surface area contributed by atoms with Crippen LogP contribution in [-0.4, -0.2) is 51.6 Å². The van der Waals surface area contributed by atoms with Gasteiger partial charge in [0.25, 0.3) is 0 Å². The van der Waals surface area contributed by atoms with E-state index in [9.17, 15) is 8.78 Å². The van der Waals surface area contributed by atoms with Crippen molar-refractivity contribution in [3.05, 3.63) is 72.3 Å². The minimum Gasteiger partial charge on any atom is -1.00 e. The van der Waals surface area contributed by atoms with E-state index in [1.54, 1.807) is 0 Å². The second-order valence-electron chi connectivity index (χ2n) is 2.44. The Hall–Kier alpha value is 0.752. The van der Waals surface area contributed by atoms with Crippen molar-refractivity contribution in [2.45, 2.75) is 0 Å². The molecule has 2 N–H and O–H groups in total. The van der Waals surface area contributed by atoms with Gasteiger partial charge < -0.3 is 39.4 Å². The van der Waals surface area contributed by atoms with Gasteiger partial charge in [-0.15, -0.1) is 24.3 Å². The Morgan fingerprint density at radius 3 is 0.947 bits per heavy atom. The minimum atomic E-state index is -0.209. The van der Waals surface area contributed by atoms with E-state index in [1.165, 1.54) is 48.5 Å². The molecule has 0 aliphatic heterocycles. The molecule has 2 aromatic rings. The Kier molecular flexibility index (Phi) is 35.4. The quantitative estimate of drug-likeness (QED) is 0.307. The van der Waals surface area contributed by atoms with Gasteiger partial charge in [0.1, 0.15) is 0 Å². The van der Waals surface area contributed by atoms with Crippen LogP contribution in [0.1, 0.15) is 0 Å². The molecule has 1 nitrogen and oxygen atoms in total. The molecule has 96 valence electrons. The van der Waals surface area contributed by atoms with Crippen molar-refractivity contribution in [2.24, 2.45) is 0 Å². The first kappa shape index (κ1) is 31.9. The molecule has 0 aromatic heterocycles. The van der Waals surface area contributed by atoms with Gasteiger partial charge in [-0.2, -0.15) is 36.4 Å². The van der Waals surface area contributed by atoms with E-state index in [1.807, 2.05) is 0 Å². The molecule has 0 spiro atoms. The number of halogens is 4. The molecule has 0 amide bonds. The minimum absolute atomic E-state index is 0. The van der Waals surface area contributed by atoms with Crippen LogP contribution in [0.2, 0.25) is 0 Å². The molecule has 2 rings (SSSR count). The van der Waals surface area contributed by atoms with Gasteiger partial charge in [0, 0.05) is 11.6 Å². The second kappa shape index (κ2) is 21.1. The van der Waals surface area contributed by atoms with Gasteiger partial charge in [-0.25, -0.2) is 8.78 Å². The fourth-order valence-electron chi connectivity index (χ4n) is 0.733. The van der Waals surface area contributed by atoms with Crippen molar-refractivity contribution < 1.29 is 48.2 Å². The Morgan fingerprint density at radius 2 is 0.842 bits per heavy atom. The first-order valence-electron chi connectivity index (χ1n) is 4.02. The molecule has 0 aliphatic rings. The molecule has 0 radical (unpaired) electrons. The van der Waals surface area contributed by atoms with Crippen LogP contribution in [0.25, 0.3) is 0 Å². The summed E-state index contributed by atoms with van der Waals surface area (Å²) in [5.74, 6) is -0.419. The molecule has 7 heteroatoms. The summed E-state index contributed by atoms with van der Waals surface area (Å²) in [5, 5.41) is 0. The van der Waals surface area contributed by atoms with Crippen LogP contribution in [0.5, 0.6) is 0 Å². The van der Waals surface area contributed by atoms with E-state index in [4.69, 9.17) is 0 Å². The summed E-state index contributed by atoms with van der Waals surface area (Å²) < 4.78 is 23.8. The van der Waals surface area contributed by atoms with Crippen LogP contribution < -0.4 is 34.0 Å². The molecular weight excluding hydrogens is 407 g/mol. The Morgan fingerprint density at radius 1 is 0.632 bits per heavy atom. The molecule has 0 aliphatic carbocycles. The van der Waals surface area contributed by atoms with Crippen molar-refractivity contribution in [3.63, 3.8) is 0 Å². The van der Waals surface area contributed by atoms with Crippen LogP contribution in [0, 0.1) is 23.8 Å². The first-order valence-corrected chi connectivity index (χ1v) is 4.02. The Labute approximate surface area is 165 Å². The van der Waals surface area contributed by atoms with Gasteiger partial charge in [-0.3, -0.25) is 0 Å². The smallest absolute Gasteiger partial charge is 1.00 e. The summed E-state index contributed by atoms with van der Waals surface area (Å²) in [5.41, 5.74) is 0. The summed E-state index contributed by atoms with van der Waals surface area (Å²) in [7, 11) is 0. The fourth-order valence-corrected chi connectivity index (χ4v) is 0.733. The largest absolute Gasteiger partial charge is 2.00 e. The number of rotatable bonds is 0. The third-order valence-electron chi connectivity index (χ3n) is 1.36. The average molecular weight is 417 g/mol. The van der Waals surface area contributed by atoms with Crippen molar-refractivity contribution in [2.75, 3.05) is 0 Å². The average Bonchev–Trinajstić information content (AvgIpc) is 2.21. The van der Waals surface area contributed by atoms with Crippen molar-refractivity contribution in [1.82, 2.24) is 0 Å². The van der Waals surface area contributed by atoms with Crippen LogP contribution in [0.3, 0.4) is 0 Å². The van der Waals surface area contributed by atoms with E-state index < -0.39 is 0 Å². The standard InChI is InChI=1S/2C6H4F.2BrH.2Mg.H2O/c2*7-6-4-2-1-3-5-6;;;;;/h2*2-5H;2*1H;;;1H2/q2*-1;;;2*+2;/p-2. The third kappa shape index (κ3) is 18.8. The molecule has 0 unspecified atom stereocenters. The van der Waals surface area contributed by atoms with E-state index in [-0.39, 0.29) is 97.2 Å². The number of hydrogen-bond donors (Lipinski definition) is 0. The number of hydrogen-bond acceptors (Lipinski definition) is 0. The molecule has 0 saturated carbocycles. The predicted octanol–water partition coefficient (Wildman–Crippen LogP) is -4.33. The SMILES string of the molecule is Fc1cc[c-]cc1.Fc1cc[c-]cc1.O.[Br-].[Br-].[Mg+2].[Mg+2]. The summed E-state index contributed by atoms with van der Waals surface area (Å²) in [6.07, 6.45) is 0. The molecule has 19 heavy (non-hydrogen) atoms. The zero-order valence-electron chi connectivity index (χ0n) is 10.0. The molecule has 0 bridgehead atoms. The van der Waals surface area contributed by atoms with Gasteiger partial charge in [0.2, 0.25) is 0 Å². The van der Waals surface area contributed by atoms with Gasteiger partial charge in [0.05, 0.1) is 0 Å². The zero-order chi connectivity index (χ0) is 10.2. The zero-order valence-corrected chi connectivity index (χ0v) is 16.0. The van der Waals surface area contributed by atoms with Gasteiger partial charge in [0.15, 0.2) is 0 Å². The molecule has 2 aromatic carbocycles. The molecule has 0 fully saturated rings. The summed E-state index contributed by atoms with van der Waals surface area (Å²) in [4.78, 5) is 0.